The van der Waals surface area contributed by atoms with Gasteiger partial charge in [0.05, 0.1) is 18.4 Å². The van der Waals surface area contributed by atoms with E-state index in [0.717, 1.165) is 4.47 Å². The lowest BCUT2D eigenvalue weighted by molar-refractivity contribution is 0.0728. The lowest BCUT2D eigenvalue weighted by Crippen LogP contribution is -2.17. The van der Waals surface area contributed by atoms with Crippen LogP contribution in [-0.2, 0) is 0 Å². The van der Waals surface area contributed by atoms with Gasteiger partial charge in [0.25, 0.3) is 5.91 Å². The van der Waals surface area contributed by atoms with Crippen molar-refractivity contribution in [3.63, 3.8) is 0 Å². The molecule has 0 heterocycles. The lowest BCUT2D eigenvalue weighted by atomic mass is 10.2. The summed E-state index contributed by atoms with van der Waals surface area (Å²) in [7, 11) is 0. The summed E-state index contributed by atoms with van der Waals surface area (Å²) in [5, 5.41) is 3.98. The highest BCUT2D eigenvalue weighted by Crippen LogP contribution is 2.29. The third kappa shape index (κ3) is 5.78. The number of rotatable bonds is 7. The third-order valence-corrected chi connectivity index (χ3v) is 4.44. The number of ether oxygens (including phenoxy) is 2. The van der Waals surface area contributed by atoms with E-state index in [1.165, 1.54) is 6.21 Å². The Labute approximate surface area is 182 Å². The molecule has 152 valence electrons. The molecule has 0 unspecified atom stereocenters. The van der Waals surface area contributed by atoms with Crippen molar-refractivity contribution in [2.45, 2.75) is 6.92 Å². The van der Waals surface area contributed by atoms with Crippen LogP contribution in [0.5, 0.6) is 11.5 Å². The summed E-state index contributed by atoms with van der Waals surface area (Å²) >= 11 is 3.33. The lowest BCUT2D eigenvalue weighted by Gasteiger charge is -2.11. The Bertz CT molecular complexity index is 1070. The van der Waals surface area contributed by atoms with E-state index in [-0.39, 0.29) is 5.91 Å². The summed E-state index contributed by atoms with van der Waals surface area (Å²) in [6, 6.07) is 20.7. The molecule has 1 amide bonds. The molecule has 3 aromatic rings. The first kappa shape index (κ1) is 21.3. The topological polar surface area (TPSA) is 77.0 Å². The SMILES string of the molecule is CCOc1cc(/C=N\NC(=O)c2cccc(Br)c2)ccc1OC(=O)c1ccccc1. The van der Waals surface area contributed by atoms with Crippen molar-refractivity contribution in [3.8, 4) is 11.5 Å². The first-order valence-electron chi connectivity index (χ1n) is 9.20. The number of hydrazone groups is 1. The first-order valence-corrected chi connectivity index (χ1v) is 9.99. The van der Waals surface area contributed by atoms with Crippen LogP contribution in [-0.4, -0.2) is 24.7 Å². The third-order valence-electron chi connectivity index (χ3n) is 3.95. The molecule has 30 heavy (non-hydrogen) atoms. The second kappa shape index (κ2) is 10.4. The second-order valence-electron chi connectivity index (χ2n) is 6.10. The molecule has 3 aromatic carbocycles. The van der Waals surface area contributed by atoms with Gasteiger partial charge in [-0.2, -0.15) is 5.10 Å². The Morgan fingerprint density at radius 3 is 2.47 bits per heavy atom. The van der Waals surface area contributed by atoms with E-state index in [1.807, 2.05) is 19.1 Å². The van der Waals surface area contributed by atoms with E-state index in [9.17, 15) is 9.59 Å². The van der Waals surface area contributed by atoms with Crippen molar-refractivity contribution < 1.29 is 19.1 Å². The molecular formula is C23H19BrN2O4. The number of halogens is 1. The number of benzene rings is 3. The summed E-state index contributed by atoms with van der Waals surface area (Å²) in [6.07, 6.45) is 1.49. The molecule has 0 aromatic heterocycles. The fourth-order valence-corrected chi connectivity index (χ4v) is 2.95. The Morgan fingerprint density at radius 1 is 0.967 bits per heavy atom. The van der Waals surface area contributed by atoms with Gasteiger partial charge in [0.15, 0.2) is 11.5 Å². The van der Waals surface area contributed by atoms with E-state index < -0.39 is 5.97 Å². The van der Waals surface area contributed by atoms with Crippen LogP contribution >= 0.6 is 15.9 Å². The minimum absolute atomic E-state index is 0.307. The van der Waals surface area contributed by atoms with Crippen molar-refractivity contribution in [3.05, 3.63) is 94.0 Å². The Balaban J connectivity index is 1.70. The molecule has 0 atom stereocenters. The molecular weight excluding hydrogens is 448 g/mol. The molecule has 0 fully saturated rings. The quantitative estimate of drug-likeness (QED) is 0.234. The van der Waals surface area contributed by atoms with Gasteiger partial charge in [0.1, 0.15) is 0 Å². The van der Waals surface area contributed by atoms with Gasteiger partial charge in [0, 0.05) is 10.0 Å². The first-order chi connectivity index (χ1) is 14.6. The highest BCUT2D eigenvalue weighted by molar-refractivity contribution is 9.10. The minimum Gasteiger partial charge on any atom is -0.490 e. The normalized spacial score (nSPS) is 10.6. The standard InChI is InChI=1S/C23H19BrN2O4/c1-2-29-21-13-16(15-25-26-22(27)18-9-6-10-19(24)14-18)11-12-20(21)30-23(28)17-7-4-3-5-8-17/h3-15H,2H2,1H3,(H,26,27)/b25-15-. The smallest absolute Gasteiger partial charge is 0.343 e. The fraction of sp³-hybridized carbons (Fsp3) is 0.0870. The van der Waals surface area contributed by atoms with Gasteiger partial charge in [-0.3, -0.25) is 4.79 Å². The zero-order valence-electron chi connectivity index (χ0n) is 16.2. The van der Waals surface area contributed by atoms with Crippen LogP contribution in [0.15, 0.2) is 82.4 Å². The molecule has 7 heteroatoms. The summed E-state index contributed by atoms with van der Waals surface area (Å²) in [4.78, 5) is 24.4. The van der Waals surface area contributed by atoms with Crippen molar-refractivity contribution in [2.75, 3.05) is 6.61 Å². The molecule has 0 radical (unpaired) electrons. The van der Waals surface area contributed by atoms with Gasteiger partial charge >= 0.3 is 5.97 Å². The maximum atomic E-state index is 12.3. The maximum absolute atomic E-state index is 12.3. The van der Waals surface area contributed by atoms with Crippen molar-refractivity contribution in [1.29, 1.82) is 0 Å². The molecule has 0 bridgehead atoms. The highest BCUT2D eigenvalue weighted by atomic mass is 79.9. The summed E-state index contributed by atoms with van der Waals surface area (Å²) in [5.41, 5.74) is 4.08. The van der Waals surface area contributed by atoms with E-state index in [2.05, 4.69) is 26.5 Å². The number of hydrogen-bond donors (Lipinski definition) is 1. The number of amides is 1. The largest absolute Gasteiger partial charge is 0.490 e. The Hall–Kier alpha value is -3.45. The predicted molar refractivity (Wildman–Crippen MR) is 118 cm³/mol. The number of carbonyl (C=O) groups is 2. The van der Waals surface area contributed by atoms with Crippen molar-refractivity contribution >= 4 is 34.0 Å². The van der Waals surface area contributed by atoms with E-state index in [0.29, 0.717) is 34.8 Å². The number of hydrogen-bond acceptors (Lipinski definition) is 5. The molecule has 0 saturated heterocycles. The maximum Gasteiger partial charge on any atom is 0.343 e. The average molecular weight is 467 g/mol. The van der Waals surface area contributed by atoms with Crippen LogP contribution in [0.1, 0.15) is 33.2 Å². The minimum atomic E-state index is -0.473. The highest BCUT2D eigenvalue weighted by Gasteiger charge is 2.13. The van der Waals surface area contributed by atoms with Gasteiger partial charge in [-0.25, -0.2) is 10.2 Å². The number of nitrogens with one attached hydrogen (secondary N) is 1. The summed E-state index contributed by atoms with van der Waals surface area (Å²) in [5.74, 6) is -0.0877. The van der Waals surface area contributed by atoms with Gasteiger partial charge in [-0.15, -0.1) is 0 Å². The molecule has 0 saturated carbocycles. The number of nitrogens with zero attached hydrogens (tertiary/aromatic N) is 1. The molecule has 0 aliphatic heterocycles. The van der Waals surface area contributed by atoms with Gasteiger partial charge in [-0.05, 0) is 61.0 Å². The number of carbonyl (C=O) groups excluding carboxylic acids is 2. The van der Waals surface area contributed by atoms with Crippen LogP contribution in [0, 0.1) is 0 Å². The second-order valence-corrected chi connectivity index (χ2v) is 7.02. The Morgan fingerprint density at radius 2 is 1.73 bits per heavy atom. The molecule has 1 N–H and O–H groups in total. The zero-order chi connectivity index (χ0) is 21.3. The van der Waals surface area contributed by atoms with Crippen LogP contribution < -0.4 is 14.9 Å². The number of esters is 1. The van der Waals surface area contributed by atoms with Gasteiger partial charge in [0.2, 0.25) is 0 Å². The fourth-order valence-electron chi connectivity index (χ4n) is 2.55. The summed E-state index contributed by atoms with van der Waals surface area (Å²) in [6.45, 7) is 2.23. The molecule has 0 aliphatic carbocycles. The van der Waals surface area contributed by atoms with Crippen LogP contribution in [0.2, 0.25) is 0 Å². The molecule has 0 aliphatic rings. The van der Waals surface area contributed by atoms with Crippen LogP contribution in [0.25, 0.3) is 0 Å². The van der Waals surface area contributed by atoms with Crippen LogP contribution in [0.4, 0.5) is 0 Å². The monoisotopic (exact) mass is 466 g/mol. The van der Waals surface area contributed by atoms with E-state index >= 15 is 0 Å². The van der Waals surface area contributed by atoms with Crippen LogP contribution in [0.3, 0.4) is 0 Å². The average Bonchev–Trinajstić information content (AvgIpc) is 2.76. The zero-order valence-corrected chi connectivity index (χ0v) is 17.8. The predicted octanol–water partition coefficient (Wildman–Crippen LogP) is 4.83. The van der Waals surface area contributed by atoms with E-state index in [1.54, 1.807) is 60.7 Å². The molecule has 6 nitrogen and oxygen atoms in total. The van der Waals surface area contributed by atoms with Crippen molar-refractivity contribution in [1.82, 2.24) is 5.43 Å². The van der Waals surface area contributed by atoms with Gasteiger partial charge in [-0.1, -0.05) is 40.2 Å². The molecule has 0 spiro atoms. The van der Waals surface area contributed by atoms with E-state index in [4.69, 9.17) is 9.47 Å². The van der Waals surface area contributed by atoms with Gasteiger partial charge < -0.3 is 9.47 Å². The summed E-state index contributed by atoms with van der Waals surface area (Å²) < 4.78 is 11.9. The Kier molecular flexibility index (Phi) is 7.34. The van der Waals surface area contributed by atoms with Crippen molar-refractivity contribution in [2.24, 2.45) is 5.10 Å². The molecule has 3 rings (SSSR count).